The zero-order valence-electron chi connectivity index (χ0n) is 12.1. The van der Waals surface area contributed by atoms with E-state index >= 15 is 0 Å². The van der Waals surface area contributed by atoms with E-state index in [1.165, 1.54) is 24.8 Å². The Labute approximate surface area is 116 Å². The van der Waals surface area contributed by atoms with Crippen LogP contribution in [0.25, 0.3) is 0 Å². The first-order valence-electron chi connectivity index (χ1n) is 6.97. The number of allylic oxidation sites excluding steroid dienone is 2. The molecular formula is C15H26O2S. The van der Waals surface area contributed by atoms with Gasteiger partial charge >= 0.3 is 5.97 Å². The maximum Gasteiger partial charge on any atom is 0.306 e. The maximum atomic E-state index is 11.3. The van der Waals surface area contributed by atoms with E-state index in [1.807, 2.05) is 18.7 Å². The van der Waals surface area contributed by atoms with Crippen molar-refractivity contribution in [3.8, 4) is 0 Å². The minimum atomic E-state index is -0.0594. The van der Waals surface area contributed by atoms with Gasteiger partial charge in [-0.15, -0.1) is 0 Å². The van der Waals surface area contributed by atoms with Crippen LogP contribution in [0, 0.1) is 5.92 Å². The van der Waals surface area contributed by atoms with Crippen LogP contribution in [-0.2, 0) is 9.53 Å². The topological polar surface area (TPSA) is 26.3 Å². The van der Waals surface area contributed by atoms with Crippen LogP contribution in [0.15, 0.2) is 11.1 Å². The Morgan fingerprint density at radius 1 is 1.44 bits per heavy atom. The van der Waals surface area contributed by atoms with Crippen molar-refractivity contribution in [1.29, 1.82) is 0 Å². The number of thioether (sulfide) groups is 1. The first kappa shape index (κ1) is 15.6. The number of rotatable bonds is 5. The molecule has 0 spiro atoms. The van der Waals surface area contributed by atoms with E-state index in [9.17, 15) is 4.79 Å². The van der Waals surface area contributed by atoms with E-state index in [4.69, 9.17) is 4.74 Å². The average molecular weight is 270 g/mol. The summed E-state index contributed by atoms with van der Waals surface area (Å²) < 4.78 is 4.96. The van der Waals surface area contributed by atoms with Gasteiger partial charge < -0.3 is 4.74 Å². The van der Waals surface area contributed by atoms with Crippen LogP contribution >= 0.6 is 11.8 Å². The van der Waals surface area contributed by atoms with Crippen LogP contribution in [0.5, 0.6) is 0 Å². The van der Waals surface area contributed by atoms with Crippen molar-refractivity contribution in [2.75, 3.05) is 12.4 Å². The normalized spacial score (nSPS) is 23.9. The van der Waals surface area contributed by atoms with Crippen LogP contribution in [0.1, 0.15) is 53.4 Å². The van der Waals surface area contributed by atoms with Crippen LogP contribution in [0.3, 0.4) is 0 Å². The molecule has 0 aromatic carbocycles. The smallest absolute Gasteiger partial charge is 0.306 e. The number of carbonyl (C=O) groups excluding carboxylic acids is 1. The second-order valence-electron chi connectivity index (χ2n) is 5.29. The molecule has 1 rings (SSSR count). The summed E-state index contributed by atoms with van der Waals surface area (Å²) in [7, 11) is 0. The number of ether oxygens (including phenoxy) is 1. The molecule has 2 unspecified atom stereocenters. The van der Waals surface area contributed by atoms with E-state index in [0.717, 1.165) is 11.7 Å². The van der Waals surface area contributed by atoms with Gasteiger partial charge in [0.15, 0.2) is 0 Å². The van der Waals surface area contributed by atoms with E-state index in [2.05, 4.69) is 20.8 Å². The summed E-state index contributed by atoms with van der Waals surface area (Å²) in [5.41, 5.74) is 3.11. The SMILES string of the molecule is CCOC(=O)CCSC1CC(=C(C)C)CCC1C. The third-order valence-corrected chi connectivity index (χ3v) is 5.13. The Kier molecular flexibility index (Phi) is 6.83. The molecule has 0 aliphatic heterocycles. The number of hydrogen-bond acceptors (Lipinski definition) is 3. The molecule has 0 radical (unpaired) electrons. The highest BCUT2D eigenvalue weighted by atomic mass is 32.2. The predicted octanol–water partition coefficient (Wildman–Crippen LogP) is 4.20. The van der Waals surface area contributed by atoms with Crippen LogP contribution in [-0.4, -0.2) is 23.6 Å². The lowest BCUT2D eigenvalue weighted by Gasteiger charge is -2.31. The van der Waals surface area contributed by atoms with E-state index in [-0.39, 0.29) is 5.97 Å². The first-order valence-corrected chi connectivity index (χ1v) is 8.02. The van der Waals surface area contributed by atoms with Gasteiger partial charge in [-0.25, -0.2) is 0 Å². The van der Waals surface area contributed by atoms with E-state index in [0.29, 0.717) is 18.3 Å². The summed E-state index contributed by atoms with van der Waals surface area (Å²) in [4.78, 5) is 11.3. The van der Waals surface area contributed by atoms with Gasteiger partial charge in [0.25, 0.3) is 0 Å². The molecular weight excluding hydrogens is 244 g/mol. The Morgan fingerprint density at radius 2 is 2.17 bits per heavy atom. The largest absolute Gasteiger partial charge is 0.466 e. The van der Waals surface area contributed by atoms with Crippen LogP contribution < -0.4 is 0 Å². The Hall–Kier alpha value is -0.440. The van der Waals surface area contributed by atoms with Crippen molar-refractivity contribution in [2.24, 2.45) is 5.92 Å². The third-order valence-electron chi connectivity index (χ3n) is 3.63. The average Bonchev–Trinajstić information content (AvgIpc) is 2.31. The number of carbonyl (C=O) groups is 1. The van der Waals surface area contributed by atoms with Gasteiger partial charge in [0, 0.05) is 11.0 Å². The molecule has 2 nitrogen and oxygen atoms in total. The first-order chi connectivity index (χ1) is 8.54. The van der Waals surface area contributed by atoms with Crippen molar-refractivity contribution < 1.29 is 9.53 Å². The molecule has 0 bridgehead atoms. The van der Waals surface area contributed by atoms with E-state index < -0.39 is 0 Å². The molecule has 104 valence electrons. The molecule has 0 heterocycles. The fraction of sp³-hybridized carbons (Fsp3) is 0.800. The van der Waals surface area contributed by atoms with Crippen molar-refractivity contribution in [3.05, 3.63) is 11.1 Å². The second-order valence-corrected chi connectivity index (χ2v) is 6.63. The summed E-state index contributed by atoms with van der Waals surface area (Å²) in [6, 6.07) is 0. The summed E-state index contributed by atoms with van der Waals surface area (Å²) in [6.07, 6.45) is 4.30. The minimum Gasteiger partial charge on any atom is -0.466 e. The molecule has 0 saturated heterocycles. The van der Waals surface area contributed by atoms with Gasteiger partial charge in [0.1, 0.15) is 0 Å². The van der Waals surface area contributed by atoms with Gasteiger partial charge in [-0.1, -0.05) is 18.1 Å². The van der Waals surface area contributed by atoms with Gasteiger partial charge in [0.05, 0.1) is 13.0 Å². The lowest BCUT2D eigenvalue weighted by molar-refractivity contribution is -0.142. The third kappa shape index (κ3) is 5.05. The molecule has 18 heavy (non-hydrogen) atoms. The molecule has 0 aromatic rings. The number of hydrogen-bond donors (Lipinski definition) is 0. The molecule has 1 aliphatic rings. The van der Waals surface area contributed by atoms with Crippen molar-refractivity contribution >= 4 is 17.7 Å². The van der Waals surface area contributed by atoms with Gasteiger partial charge in [0.2, 0.25) is 0 Å². The molecule has 0 amide bonds. The highest BCUT2D eigenvalue weighted by Gasteiger charge is 2.24. The van der Waals surface area contributed by atoms with Crippen molar-refractivity contribution in [3.63, 3.8) is 0 Å². The van der Waals surface area contributed by atoms with Gasteiger partial charge in [-0.3, -0.25) is 4.79 Å². The van der Waals surface area contributed by atoms with Crippen molar-refractivity contribution in [2.45, 2.75) is 58.6 Å². The van der Waals surface area contributed by atoms with Crippen LogP contribution in [0.2, 0.25) is 0 Å². The second kappa shape index (κ2) is 7.88. The molecule has 2 atom stereocenters. The summed E-state index contributed by atoms with van der Waals surface area (Å²) in [5.74, 6) is 1.60. The molecule has 1 fully saturated rings. The monoisotopic (exact) mass is 270 g/mol. The predicted molar refractivity (Wildman–Crippen MR) is 78.9 cm³/mol. The molecule has 3 heteroatoms. The van der Waals surface area contributed by atoms with Crippen molar-refractivity contribution in [1.82, 2.24) is 0 Å². The minimum absolute atomic E-state index is 0.0594. The van der Waals surface area contributed by atoms with Crippen LogP contribution in [0.4, 0.5) is 0 Å². The highest BCUT2D eigenvalue weighted by molar-refractivity contribution is 7.99. The molecule has 1 aliphatic carbocycles. The fourth-order valence-electron chi connectivity index (χ4n) is 2.34. The quantitative estimate of drug-likeness (QED) is 0.553. The molecule has 0 aromatic heterocycles. The summed E-state index contributed by atoms with van der Waals surface area (Å²) >= 11 is 1.95. The summed E-state index contributed by atoms with van der Waals surface area (Å²) in [5, 5.41) is 0.679. The maximum absolute atomic E-state index is 11.3. The number of esters is 1. The molecule has 1 saturated carbocycles. The Morgan fingerprint density at radius 3 is 2.78 bits per heavy atom. The zero-order chi connectivity index (χ0) is 13.5. The highest BCUT2D eigenvalue weighted by Crippen LogP contribution is 2.37. The zero-order valence-corrected chi connectivity index (χ0v) is 12.9. The lowest BCUT2D eigenvalue weighted by atomic mass is 9.85. The van der Waals surface area contributed by atoms with Gasteiger partial charge in [-0.2, -0.15) is 11.8 Å². The Balaban J connectivity index is 2.36. The van der Waals surface area contributed by atoms with E-state index in [1.54, 1.807) is 5.57 Å². The standard InChI is InChI=1S/C15H26O2S/c1-5-17-15(16)8-9-18-14-10-13(11(2)3)7-6-12(14)4/h12,14H,5-10H2,1-4H3. The summed E-state index contributed by atoms with van der Waals surface area (Å²) in [6.45, 7) is 9.11. The van der Waals surface area contributed by atoms with Gasteiger partial charge in [-0.05, 0) is 46.0 Å². The Bertz CT molecular complexity index is 306. The molecule has 0 N–H and O–H groups in total. The fourth-order valence-corrected chi connectivity index (χ4v) is 3.71. The lowest BCUT2D eigenvalue weighted by Crippen LogP contribution is -2.22.